The number of amides is 2. The number of aryl methyl sites for hydroxylation is 1. The molecule has 1 fully saturated rings. The summed E-state index contributed by atoms with van der Waals surface area (Å²) in [5.41, 5.74) is 3.64. The van der Waals surface area contributed by atoms with Gasteiger partial charge in [-0.1, -0.05) is 42.5 Å². The number of rotatable bonds is 7. The Morgan fingerprint density at radius 2 is 1.71 bits per heavy atom. The van der Waals surface area contributed by atoms with Gasteiger partial charge in [-0.15, -0.1) is 0 Å². The number of aliphatic hydroxyl groups is 1. The van der Waals surface area contributed by atoms with E-state index in [1.165, 1.54) is 25.3 Å². The van der Waals surface area contributed by atoms with Gasteiger partial charge in [-0.25, -0.2) is 9.59 Å². The number of hydrogen-bond acceptors (Lipinski definition) is 11. The maximum absolute atomic E-state index is 13.2. The van der Waals surface area contributed by atoms with E-state index in [0.717, 1.165) is 0 Å². The average Bonchev–Trinajstić information content (AvgIpc) is 2.99. The van der Waals surface area contributed by atoms with Crippen LogP contribution in [-0.4, -0.2) is 64.6 Å². The minimum absolute atomic E-state index is 0.0637. The standard InChI is InChI=1S/C32H32N2O11/c1-15-20(42-30-24(37)26(44-31(33)40)27(41-4)32(2,3)45-30)14-13-18-23(36)21(29(39)43-25(15)18)34-28(38)19-12-8-11-17(22(19)35)16-9-6-5-7-10-16/h5-14,24,26-27,30,35-37H,1-4H3,(H2,33,40)(H,34,38)/t24-,26+,27-,30-/m1/s1. The van der Waals surface area contributed by atoms with Crippen molar-refractivity contribution in [3.8, 4) is 28.4 Å². The molecule has 236 valence electrons. The van der Waals surface area contributed by atoms with Gasteiger partial charge in [-0.05, 0) is 44.5 Å². The molecule has 0 saturated carbocycles. The van der Waals surface area contributed by atoms with Gasteiger partial charge < -0.3 is 49.7 Å². The van der Waals surface area contributed by atoms with Crippen LogP contribution in [0.2, 0.25) is 0 Å². The Morgan fingerprint density at radius 1 is 1.00 bits per heavy atom. The van der Waals surface area contributed by atoms with Crippen molar-refractivity contribution in [2.45, 2.75) is 51.0 Å². The molecule has 0 bridgehead atoms. The molecule has 13 nitrogen and oxygen atoms in total. The predicted molar refractivity (Wildman–Crippen MR) is 161 cm³/mol. The average molecular weight is 621 g/mol. The lowest BCUT2D eigenvalue weighted by Crippen LogP contribution is -2.65. The first kappa shape index (κ1) is 31.3. The molecule has 6 N–H and O–H groups in total. The number of nitrogens with two attached hydrogens (primary N) is 1. The van der Waals surface area contributed by atoms with E-state index in [2.05, 4.69) is 5.32 Å². The number of hydrogen-bond donors (Lipinski definition) is 5. The van der Waals surface area contributed by atoms with Crippen LogP contribution >= 0.6 is 0 Å². The minimum Gasteiger partial charge on any atom is -0.506 e. The molecule has 3 aromatic carbocycles. The third kappa shape index (κ3) is 5.88. The highest BCUT2D eigenvalue weighted by Gasteiger charge is 2.53. The number of aliphatic hydroxyl groups excluding tert-OH is 1. The molecule has 4 aromatic rings. The van der Waals surface area contributed by atoms with Crippen LogP contribution in [0.3, 0.4) is 0 Å². The maximum atomic E-state index is 13.2. The number of phenols is 1. The number of phenolic OH excluding ortho intramolecular Hbond substituents is 1. The van der Waals surface area contributed by atoms with E-state index in [1.807, 2.05) is 6.07 Å². The Morgan fingerprint density at radius 3 is 2.38 bits per heavy atom. The number of primary amides is 1. The van der Waals surface area contributed by atoms with Crippen LogP contribution < -0.4 is 21.4 Å². The summed E-state index contributed by atoms with van der Waals surface area (Å²) in [7, 11) is 1.37. The van der Waals surface area contributed by atoms with E-state index in [9.17, 15) is 29.7 Å². The Bertz CT molecular complexity index is 1820. The molecule has 2 amide bonds. The molecule has 0 radical (unpaired) electrons. The lowest BCUT2D eigenvalue weighted by molar-refractivity contribution is -0.304. The third-order valence-electron chi connectivity index (χ3n) is 7.62. The molecule has 1 aromatic heterocycles. The Kier molecular flexibility index (Phi) is 8.43. The van der Waals surface area contributed by atoms with Crippen molar-refractivity contribution in [3.05, 3.63) is 82.2 Å². The molecular formula is C32H32N2O11. The minimum atomic E-state index is -1.53. The summed E-state index contributed by atoms with van der Waals surface area (Å²) in [5.74, 6) is -1.62. The van der Waals surface area contributed by atoms with Gasteiger partial charge >= 0.3 is 11.7 Å². The number of anilines is 1. The molecule has 1 aliphatic rings. The SMILES string of the molecule is CO[C@@H]1[C@@H](OC(N)=O)[C@@H](O)[C@H](Oc2ccc3c(O)c(NC(=O)c4cccc(-c5ccccc5)c4O)c(=O)oc3c2C)OC1(C)C. The fourth-order valence-corrected chi connectivity index (χ4v) is 5.43. The highest BCUT2D eigenvalue weighted by molar-refractivity contribution is 6.09. The summed E-state index contributed by atoms with van der Waals surface area (Å²) < 4.78 is 27.9. The monoisotopic (exact) mass is 620 g/mol. The van der Waals surface area contributed by atoms with Crippen molar-refractivity contribution < 1.29 is 48.3 Å². The van der Waals surface area contributed by atoms with Crippen molar-refractivity contribution in [2.24, 2.45) is 5.73 Å². The largest absolute Gasteiger partial charge is 0.506 e. The number of benzene rings is 3. The molecule has 0 spiro atoms. The smallest absolute Gasteiger partial charge is 0.404 e. The summed E-state index contributed by atoms with van der Waals surface area (Å²) >= 11 is 0. The summed E-state index contributed by atoms with van der Waals surface area (Å²) in [6.07, 6.45) is -6.14. The first-order valence-electron chi connectivity index (χ1n) is 13.8. The number of ether oxygens (including phenoxy) is 4. The van der Waals surface area contributed by atoms with E-state index in [0.29, 0.717) is 11.1 Å². The zero-order valence-corrected chi connectivity index (χ0v) is 24.8. The summed E-state index contributed by atoms with van der Waals surface area (Å²) in [5, 5.41) is 35.2. The van der Waals surface area contributed by atoms with E-state index < -0.39 is 59.3 Å². The van der Waals surface area contributed by atoms with Gasteiger partial charge in [0.15, 0.2) is 23.6 Å². The number of fused-ring (bicyclic) bond motifs is 1. The van der Waals surface area contributed by atoms with E-state index >= 15 is 0 Å². The zero-order chi connectivity index (χ0) is 32.6. The molecule has 5 rings (SSSR count). The lowest BCUT2D eigenvalue weighted by Gasteiger charge is -2.47. The van der Waals surface area contributed by atoms with Crippen LogP contribution in [-0.2, 0) is 14.2 Å². The number of carbonyl (C=O) groups is 2. The van der Waals surface area contributed by atoms with Crippen molar-refractivity contribution >= 4 is 28.7 Å². The highest BCUT2D eigenvalue weighted by Crippen LogP contribution is 2.39. The van der Waals surface area contributed by atoms with Crippen molar-refractivity contribution in [2.75, 3.05) is 12.4 Å². The third-order valence-corrected chi connectivity index (χ3v) is 7.62. The predicted octanol–water partition coefficient (Wildman–Crippen LogP) is 3.79. The zero-order valence-electron chi connectivity index (χ0n) is 24.8. The van der Waals surface area contributed by atoms with E-state index in [-0.39, 0.29) is 33.6 Å². The summed E-state index contributed by atoms with van der Waals surface area (Å²) in [6, 6.07) is 16.4. The number of methoxy groups -OCH3 is 1. The van der Waals surface area contributed by atoms with Crippen LogP contribution in [0, 0.1) is 6.92 Å². The van der Waals surface area contributed by atoms with Gasteiger partial charge in [0.25, 0.3) is 5.91 Å². The Balaban J connectivity index is 1.44. The molecule has 4 atom stereocenters. The molecule has 1 saturated heterocycles. The fraction of sp³-hybridized carbons (Fsp3) is 0.281. The number of carbonyl (C=O) groups excluding carboxylic acids is 2. The van der Waals surface area contributed by atoms with E-state index in [1.54, 1.807) is 57.2 Å². The van der Waals surface area contributed by atoms with Crippen LogP contribution in [0.25, 0.3) is 22.1 Å². The van der Waals surface area contributed by atoms with Crippen LogP contribution in [0.4, 0.5) is 10.5 Å². The molecule has 1 aliphatic heterocycles. The first-order chi connectivity index (χ1) is 21.3. The second-order valence-corrected chi connectivity index (χ2v) is 11.0. The van der Waals surface area contributed by atoms with Gasteiger partial charge in [0, 0.05) is 18.2 Å². The van der Waals surface area contributed by atoms with Gasteiger partial charge in [-0.3, -0.25) is 4.79 Å². The van der Waals surface area contributed by atoms with E-state index in [4.69, 9.17) is 29.1 Å². The summed E-state index contributed by atoms with van der Waals surface area (Å²) in [6.45, 7) is 4.85. The second-order valence-electron chi connectivity index (χ2n) is 11.0. The summed E-state index contributed by atoms with van der Waals surface area (Å²) in [4.78, 5) is 37.7. The molecule has 2 heterocycles. The topological polar surface area (TPSA) is 200 Å². The second kappa shape index (κ2) is 12.1. The molecule has 13 heteroatoms. The first-order valence-corrected chi connectivity index (χ1v) is 13.8. The fourth-order valence-electron chi connectivity index (χ4n) is 5.43. The lowest BCUT2D eigenvalue weighted by atomic mass is 9.89. The highest BCUT2D eigenvalue weighted by atomic mass is 16.7. The number of para-hydroxylation sites is 1. The van der Waals surface area contributed by atoms with Gasteiger partial charge in [0.2, 0.25) is 6.29 Å². The van der Waals surface area contributed by atoms with Crippen molar-refractivity contribution in [3.63, 3.8) is 0 Å². The van der Waals surface area contributed by atoms with Gasteiger partial charge in [-0.2, -0.15) is 0 Å². The molecular weight excluding hydrogens is 588 g/mol. The number of nitrogens with one attached hydrogen (secondary N) is 1. The van der Waals surface area contributed by atoms with Crippen LogP contribution in [0.5, 0.6) is 17.2 Å². The van der Waals surface area contributed by atoms with Gasteiger partial charge in [0.05, 0.1) is 16.6 Å². The Labute approximate surface area is 256 Å². The van der Waals surface area contributed by atoms with Crippen molar-refractivity contribution in [1.29, 1.82) is 0 Å². The molecule has 0 unspecified atom stereocenters. The van der Waals surface area contributed by atoms with Crippen LogP contribution in [0.15, 0.2) is 69.9 Å². The number of aromatic hydroxyl groups is 2. The Hall–Kier alpha value is -5.11. The molecule has 45 heavy (non-hydrogen) atoms. The molecule has 0 aliphatic carbocycles. The maximum Gasteiger partial charge on any atom is 0.404 e. The quantitative estimate of drug-likeness (QED) is 0.188. The van der Waals surface area contributed by atoms with Crippen molar-refractivity contribution in [1.82, 2.24) is 0 Å². The van der Waals surface area contributed by atoms with Gasteiger partial charge in [0.1, 0.15) is 23.2 Å². The normalized spacial score (nSPS) is 20.8. The van der Waals surface area contributed by atoms with Crippen LogP contribution in [0.1, 0.15) is 29.8 Å².